The molecule has 3 nitrogen and oxygen atoms in total. The van der Waals surface area contributed by atoms with Crippen molar-refractivity contribution in [2.45, 2.75) is 12.6 Å². The second-order valence-electron chi connectivity index (χ2n) is 3.59. The van der Waals surface area contributed by atoms with Crippen molar-refractivity contribution in [2.75, 3.05) is 0 Å². The summed E-state index contributed by atoms with van der Waals surface area (Å²) in [6, 6.07) is 5.14. The molecule has 1 rings (SSSR count). The lowest BCUT2D eigenvalue weighted by atomic mass is 9.96. The topological polar surface area (TPSA) is 66.9 Å². The van der Waals surface area contributed by atoms with Gasteiger partial charge in [-0.1, -0.05) is 22.0 Å². The van der Waals surface area contributed by atoms with Crippen molar-refractivity contribution < 1.29 is 18.0 Å². The summed E-state index contributed by atoms with van der Waals surface area (Å²) >= 11 is 2.94. The van der Waals surface area contributed by atoms with E-state index in [4.69, 9.17) is 11.0 Å². The summed E-state index contributed by atoms with van der Waals surface area (Å²) in [6.07, 6.45) is -4.90. The fourth-order valence-electron chi connectivity index (χ4n) is 1.42. The van der Waals surface area contributed by atoms with Crippen molar-refractivity contribution in [2.24, 2.45) is 11.7 Å². The molecule has 0 radical (unpaired) electrons. The Morgan fingerprint density at radius 2 is 2.11 bits per heavy atom. The summed E-state index contributed by atoms with van der Waals surface area (Å²) in [6.45, 7) is 0. The maximum absolute atomic E-state index is 12.8. The molecule has 0 aliphatic rings. The van der Waals surface area contributed by atoms with E-state index in [1.165, 1.54) is 12.1 Å². The molecular formula is C11H8BrF3N2O. The number of hydrogen-bond donors (Lipinski definition) is 1. The Bertz CT molecular complexity index is 508. The van der Waals surface area contributed by atoms with Crippen LogP contribution in [0.3, 0.4) is 0 Å². The summed E-state index contributed by atoms with van der Waals surface area (Å²) in [5, 5.41) is 8.66. The number of benzene rings is 1. The summed E-state index contributed by atoms with van der Waals surface area (Å²) in [4.78, 5) is 10.9. The number of nitrogens with two attached hydrogens (primary N) is 1. The average molecular weight is 321 g/mol. The van der Waals surface area contributed by atoms with Gasteiger partial charge in [0.05, 0.1) is 11.6 Å². The van der Waals surface area contributed by atoms with Gasteiger partial charge < -0.3 is 5.73 Å². The number of nitriles is 1. The van der Waals surface area contributed by atoms with Crippen molar-refractivity contribution in [1.29, 1.82) is 5.26 Å². The van der Waals surface area contributed by atoms with E-state index < -0.39 is 23.6 Å². The predicted molar refractivity (Wildman–Crippen MR) is 61.1 cm³/mol. The number of rotatable bonds is 3. The highest BCUT2D eigenvalue weighted by atomic mass is 79.9. The van der Waals surface area contributed by atoms with Crippen LogP contribution < -0.4 is 5.73 Å². The first-order chi connectivity index (χ1) is 8.25. The van der Waals surface area contributed by atoms with E-state index in [1.54, 1.807) is 6.07 Å². The van der Waals surface area contributed by atoms with E-state index in [2.05, 4.69) is 15.9 Å². The largest absolute Gasteiger partial charge is 0.416 e. The number of primary amides is 1. The Kier molecular flexibility index (Phi) is 4.35. The molecule has 0 aromatic heterocycles. The molecular weight excluding hydrogens is 313 g/mol. The SMILES string of the molecule is N#C[C@@H](Cc1ccc(Br)cc1C(F)(F)F)C(N)=O. The number of carbonyl (C=O) groups is 1. The molecule has 2 N–H and O–H groups in total. The van der Waals surface area contributed by atoms with Crippen LogP contribution in [0.15, 0.2) is 22.7 Å². The standard InChI is InChI=1S/C11H8BrF3N2O/c12-8-2-1-6(3-7(5-16)10(17)18)9(4-8)11(13,14)15/h1-2,4,7H,3H2,(H2,17,18)/t7-/m1/s1. The zero-order valence-electron chi connectivity index (χ0n) is 8.96. The molecule has 0 aliphatic heterocycles. The third-order valence-corrected chi connectivity index (χ3v) is 2.79. The smallest absolute Gasteiger partial charge is 0.369 e. The molecule has 1 aromatic carbocycles. The molecule has 18 heavy (non-hydrogen) atoms. The van der Waals surface area contributed by atoms with Gasteiger partial charge in [0.1, 0.15) is 5.92 Å². The zero-order chi connectivity index (χ0) is 13.9. The number of halogens is 4. The average Bonchev–Trinajstić information content (AvgIpc) is 2.25. The Hall–Kier alpha value is -1.55. The first kappa shape index (κ1) is 14.5. The molecule has 0 aliphatic carbocycles. The molecule has 0 bridgehead atoms. The summed E-state index contributed by atoms with van der Waals surface area (Å²) in [5.74, 6) is -2.21. The fourth-order valence-corrected chi connectivity index (χ4v) is 1.78. The third-order valence-electron chi connectivity index (χ3n) is 2.30. The Morgan fingerprint density at radius 1 is 1.50 bits per heavy atom. The van der Waals surface area contributed by atoms with Crippen LogP contribution in [0.25, 0.3) is 0 Å². The fraction of sp³-hybridized carbons (Fsp3) is 0.273. The van der Waals surface area contributed by atoms with Gasteiger partial charge in [-0.05, 0) is 24.1 Å². The van der Waals surface area contributed by atoms with Gasteiger partial charge in [-0.15, -0.1) is 0 Å². The molecule has 1 amide bonds. The van der Waals surface area contributed by atoms with E-state index in [0.717, 1.165) is 6.07 Å². The quantitative estimate of drug-likeness (QED) is 0.930. The van der Waals surface area contributed by atoms with Gasteiger partial charge in [0.25, 0.3) is 0 Å². The molecule has 0 spiro atoms. The second kappa shape index (κ2) is 5.40. The van der Waals surface area contributed by atoms with E-state index in [1.807, 2.05) is 0 Å². The lowest BCUT2D eigenvalue weighted by Gasteiger charge is -2.14. The van der Waals surface area contributed by atoms with Gasteiger partial charge in [-0.3, -0.25) is 4.79 Å². The molecule has 1 atom stereocenters. The van der Waals surface area contributed by atoms with Crippen LogP contribution in [0.1, 0.15) is 11.1 Å². The van der Waals surface area contributed by atoms with Crippen LogP contribution in [-0.4, -0.2) is 5.91 Å². The lowest BCUT2D eigenvalue weighted by Crippen LogP contribution is -2.24. The molecule has 0 heterocycles. The van der Waals surface area contributed by atoms with Gasteiger partial charge in [-0.25, -0.2) is 0 Å². The summed E-state index contributed by atoms with van der Waals surface area (Å²) < 4.78 is 38.6. The Morgan fingerprint density at radius 3 is 2.56 bits per heavy atom. The first-order valence-corrected chi connectivity index (χ1v) is 5.59. The highest BCUT2D eigenvalue weighted by molar-refractivity contribution is 9.10. The second-order valence-corrected chi connectivity index (χ2v) is 4.50. The maximum Gasteiger partial charge on any atom is 0.416 e. The van der Waals surface area contributed by atoms with Crippen molar-refractivity contribution >= 4 is 21.8 Å². The highest BCUT2D eigenvalue weighted by Crippen LogP contribution is 2.34. The number of alkyl halides is 3. The van der Waals surface area contributed by atoms with Gasteiger partial charge in [0, 0.05) is 4.47 Å². The van der Waals surface area contributed by atoms with E-state index in [-0.39, 0.29) is 16.5 Å². The summed E-state index contributed by atoms with van der Waals surface area (Å²) in [7, 11) is 0. The van der Waals surface area contributed by atoms with Crippen LogP contribution in [0.4, 0.5) is 13.2 Å². The Labute approximate surface area is 110 Å². The van der Waals surface area contributed by atoms with Crippen molar-refractivity contribution in [1.82, 2.24) is 0 Å². The van der Waals surface area contributed by atoms with Crippen LogP contribution in [0.5, 0.6) is 0 Å². The van der Waals surface area contributed by atoms with Gasteiger partial charge in [-0.2, -0.15) is 18.4 Å². The van der Waals surface area contributed by atoms with Gasteiger partial charge in [0.2, 0.25) is 5.91 Å². The van der Waals surface area contributed by atoms with Crippen LogP contribution in [-0.2, 0) is 17.4 Å². The van der Waals surface area contributed by atoms with E-state index in [9.17, 15) is 18.0 Å². The molecule has 7 heteroatoms. The van der Waals surface area contributed by atoms with E-state index in [0.29, 0.717) is 0 Å². The lowest BCUT2D eigenvalue weighted by molar-refractivity contribution is -0.138. The number of hydrogen-bond acceptors (Lipinski definition) is 2. The molecule has 0 saturated carbocycles. The van der Waals surface area contributed by atoms with Gasteiger partial charge >= 0.3 is 6.18 Å². The molecule has 0 fully saturated rings. The maximum atomic E-state index is 12.8. The number of amides is 1. The minimum atomic E-state index is -4.54. The monoisotopic (exact) mass is 320 g/mol. The van der Waals surface area contributed by atoms with Crippen LogP contribution >= 0.6 is 15.9 Å². The summed E-state index contributed by atoms with van der Waals surface area (Å²) in [5.41, 5.74) is 3.93. The predicted octanol–water partition coefficient (Wildman–Crippen LogP) is 2.64. The van der Waals surface area contributed by atoms with Crippen molar-refractivity contribution in [3.8, 4) is 6.07 Å². The van der Waals surface area contributed by atoms with Crippen molar-refractivity contribution in [3.63, 3.8) is 0 Å². The first-order valence-electron chi connectivity index (χ1n) is 4.80. The van der Waals surface area contributed by atoms with Crippen LogP contribution in [0.2, 0.25) is 0 Å². The number of carbonyl (C=O) groups excluding carboxylic acids is 1. The molecule has 0 unspecified atom stereocenters. The molecule has 0 saturated heterocycles. The minimum absolute atomic E-state index is 0.129. The number of nitrogens with zero attached hydrogens (tertiary/aromatic N) is 1. The highest BCUT2D eigenvalue weighted by Gasteiger charge is 2.34. The molecule has 1 aromatic rings. The Balaban J connectivity index is 3.18. The van der Waals surface area contributed by atoms with Crippen molar-refractivity contribution in [3.05, 3.63) is 33.8 Å². The zero-order valence-corrected chi connectivity index (χ0v) is 10.5. The molecule has 96 valence electrons. The van der Waals surface area contributed by atoms with E-state index >= 15 is 0 Å². The third kappa shape index (κ3) is 3.47. The van der Waals surface area contributed by atoms with Gasteiger partial charge in [0.15, 0.2) is 0 Å². The minimum Gasteiger partial charge on any atom is -0.369 e. The normalized spacial score (nSPS) is 12.8. The van der Waals surface area contributed by atoms with Crippen LogP contribution in [0, 0.1) is 17.2 Å².